The van der Waals surface area contributed by atoms with Crippen molar-refractivity contribution in [1.29, 1.82) is 0 Å². The molecule has 0 saturated carbocycles. The topological polar surface area (TPSA) is 78.5 Å². The van der Waals surface area contributed by atoms with Crippen molar-refractivity contribution in [2.24, 2.45) is 0 Å². The van der Waals surface area contributed by atoms with Gasteiger partial charge in [0.15, 0.2) is 0 Å². The number of hydrogen-bond acceptors (Lipinski definition) is 4. The fourth-order valence-electron chi connectivity index (χ4n) is 3.18. The molecule has 0 bridgehead atoms. The molecule has 2 N–H and O–H groups in total. The lowest BCUT2D eigenvalue weighted by Gasteiger charge is -2.29. The van der Waals surface area contributed by atoms with Crippen LogP contribution in [-0.4, -0.2) is 39.3 Å². The maximum Gasteiger partial charge on any atom is 0.269 e. The van der Waals surface area contributed by atoms with Crippen molar-refractivity contribution in [2.45, 2.75) is 44.0 Å². The highest BCUT2D eigenvalue weighted by Gasteiger charge is 2.52. The number of fused-ring (bicyclic) bond motifs is 1. The average molecular weight is 347 g/mol. The fraction of sp³-hybridized carbons (Fsp3) is 0.471. The summed E-state index contributed by atoms with van der Waals surface area (Å²) in [7, 11) is 0. The van der Waals surface area contributed by atoms with Crippen molar-refractivity contribution in [3.05, 3.63) is 35.4 Å². The molecule has 7 heteroatoms. The summed E-state index contributed by atoms with van der Waals surface area (Å²) < 4.78 is 0. The largest absolute Gasteiger partial charge is 0.315 e. The van der Waals surface area contributed by atoms with Gasteiger partial charge in [-0.25, -0.2) is 0 Å². The second-order valence-corrected chi connectivity index (χ2v) is 7.76. The first-order valence-corrected chi connectivity index (χ1v) is 9.08. The molecule has 2 aliphatic heterocycles. The molecule has 2 atom stereocenters. The molecule has 2 saturated heterocycles. The highest BCUT2D eigenvalue weighted by Crippen LogP contribution is 2.47. The molecule has 2 fully saturated rings. The number of carbonyl (C=O) groups is 3. The van der Waals surface area contributed by atoms with Crippen LogP contribution in [0.1, 0.15) is 42.6 Å². The third-order valence-corrected chi connectivity index (χ3v) is 6.18. The monoisotopic (exact) mass is 347 g/mol. The number of benzene rings is 1. The number of nitrogens with one attached hydrogen (secondary N) is 2. The van der Waals surface area contributed by atoms with Crippen molar-refractivity contribution in [3.63, 3.8) is 0 Å². The Morgan fingerprint density at radius 3 is 2.67 bits per heavy atom. The van der Waals surface area contributed by atoms with Crippen LogP contribution in [0, 0.1) is 0 Å². The Labute approximate surface area is 145 Å². The Bertz CT molecular complexity index is 676. The summed E-state index contributed by atoms with van der Waals surface area (Å²) in [5, 5.41) is 0. The van der Waals surface area contributed by atoms with Crippen molar-refractivity contribution < 1.29 is 14.4 Å². The summed E-state index contributed by atoms with van der Waals surface area (Å²) in [6.45, 7) is 4.03. The second-order valence-electron chi connectivity index (χ2n) is 6.26. The average Bonchev–Trinajstić information content (AvgIpc) is 3.09. The molecule has 0 spiro atoms. The molecule has 3 rings (SSSR count). The minimum atomic E-state index is -0.530. The lowest BCUT2D eigenvalue weighted by Crippen LogP contribution is -2.54. The van der Waals surface area contributed by atoms with Gasteiger partial charge in [0, 0.05) is 17.7 Å². The smallest absolute Gasteiger partial charge is 0.269 e. The summed E-state index contributed by atoms with van der Waals surface area (Å²) >= 11 is 1.62. The fourth-order valence-corrected chi connectivity index (χ4v) is 4.61. The van der Waals surface area contributed by atoms with Crippen molar-refractivity contribution >= 4 is 29.5 Å². The molecule has 0 unspecified atom stereocenters. The van der Waals surface area contributed by atoms with E-state index in [1.165, 1.54) is 0 Å². The molecule has 128 valence electrons. The Morgan fingerprint density at radius 2 is 2.00 bits per heavy atom. The zero-order valence-electron chi connectivity index (χ0n) is 13.8. The van der Waals surface area contributed by atoms with E-state index in [0.717, 1.165) is 18.4 Å². The first kappa shape index (κ1) is 16.8. The Kier molecular flexibility index (Phi) is 4.54. The first-order valence-electron chi connectivity index (χ1n) is 8.10. The van der Waals surface area contributed by atoms with Gasteiger partial charge in [0.05, 0.1) is 4.87 Å². The SMILES string of the molecule is CCc1ccc(C(=O)NNC(=O)[C@H]2CS[C@]3(C)CCC(=O)N23)cc1. The number of aryl methyl sites for hydroxylation is 1. The molecular formula is C17H21N3O3S. The second kappa shape index (κ2) is 6.47. The number of rotatable bonds is 3. The molecule has 1 aromatic rings. The van der Waals surface area contributed by atoms with E-state index in [1.807, 2.05) is 26.0 Å². The minimum absolute atomic E-state index is 0.00382. The number of amides is 3. The zero-order chi connectivity index (χ0) is 17.3. The van der Waals surface area contributed by atoms with Crippen molar-refractivity contribution in [3.8, 4) is 0 Å². The van der Waals surface area contributed by atoms with Crippen molar-refractivity contribution in [1.82, 2.24) is 15.8 Å². The van der Waals surface area contributed by atoms with E-state index in [1.54, 1.807) is 28.8 Å². The van der Waals surface area contributed by atoms with Gasteiger partial charge in [-0.2, -0.15) is 0 Å². The molecule has 2 heterocycles. The van der Waals surface area contributed by atoms with Crippen LogP contribution >= 0.6 is 11.8 Å². The standard InChI is InChI=1S/C17H21N3O3S/c1-3-11-4-6-12(7-5-11)15(22)18-19-16(23)13-10-24-17(2)9-8-14(21)20(13)17/h4-7,13H,3,8-10H2,1-2H3,(H,18,22)(H,19,23)/t13-,17-/m1/s1. The maximum absolute atomic E-state index is 12.4. The molecule has 2 aliphatic rings. The van der Waals surface area contributed by atoms with E-state index in [9.17, 15) is 14.4 Å². The van der Waals surface area contributed by atoms with Crippen LogP contribution < -0.4 is 10.9 Å². The van der Waals surface area contributed by atoms with Crippen LogP contribution in [0.3, 0.4) is 0 Å². The predicted molar refractivity (Wildman–Crippen MR) is 92.2 cm³/mol. The van der Waals surface area contributed by atoms with Gasteiger partial charge in [-0.15, -0.1) is 11.8 Å². The molecule has 0 aliphatic carbocycles. The number of hydrogen-bond donors (Lipinski definition) is 2. The van der Waals surface area contributed by atoms with Gasteiger partial charge in [0.2, 0.25) is 5.91 Å². The summed E-state index contributed by atoms with van der Waals surface area (Å²) in [6.07, 6.45) is 2.14. The van der Waals surface area contributed by atoms with E-state index < -0.39 is 6.04 Å². The molecule has 6 nitrogen and oxygen atoms in total. The Hall–Kier alpha value is -2.02. The zero-order valence-corrected chi connectivity index (χ0v) is 14.6. The predicted octanol–water partition coefficient (Wildman–Crippen LogP) is 1.46. The highest BCUT2D eigenvalue weighted by atomic mass is 32.2. The number of hydrazine groups is 1. The van der Waals surface area contributed by atoms with Gasteiger partial charge in [-0.3, -0.25) is 25.2 Å². The molecule has 1 aromatic carbocycles. The lowest BCUT2D eigenvalue weighted by molar-refractivity contribution is -0.138. The third kappa shape index (κ3) is 3.00. The maximum atomic E-state index is 12.4. The molecule has 0 radical (unpaired) electrons. The van der Waals surface area contributed by atoms with Crippen LogP contribution in [0.25, 0.3) is 0 Å². The van der Waals surface area contributed by atoms with Gasteiger partial charge in [-0.1, -0.05) is 19.1 Å². The molecule has 3 amide bonds. The van der Waals surface area contributed by atoms with E-state index in [4.69, 9.17) is 0 Å². The summed E-state index contributed by atoms with van der Waals surface area (Å²) in [5.41, 5.74) is 6.52. The minimum Gasteiger partial charge on any atom is -0.315 e. The number of thioether (sulfide) groups is 1. The highest BCUT2D eigenvalue weighted by molar-refractivity contribution is 8.01. The van der Waals surface area contributed by atoms with Crippen LogP contribution in [0.5, 0.6) is 0 Å². The first-order chi connectivity index (χ1) is 11.4. The van der Waals surface area contributed by atoms with Crippen LogP contribution in [0.2, 0.25) is 0 Å². The Balaban J connectivity index is 1.59. The van der Waals surface area contributed by atoms with Gasteiger partial charge in [0.1, 0.15) is 6.04 Å². The van der Waals surface area contributed by atoms with Gasteiger partial charge >= 0.3 is 0 Å². The normalized spacial score (nSPS) is 25.5. The van der Waals surface area contributed by atoms with Crippen molar-refractivity contribution in [2.75, 3.05) is 5.75 Å². The number of nitrogens with zero attached hydrogens (tertiary/aromatic N) is 1. The van der Waals surface area contributed by atoms with Crippen LogP contribution in [0.15, 0.2) is 24.3 Å². The van der Waals surface area contributed by atoms with Gasteiger partial charge in [0.25, 0.3) is 11.8 Å². The molecular weight excluding hydrogens is 326 g/mol. The van der Waals surface area contributed by atoms with Crippen LogP contribution in [-0.2, 0) is 16.0 Å². The summed E-state index contributed by atoms with van der Waals surface area (Å²) in [6, 6.07) is 6.70. The third-order valence-electron chi connectivity index (χ3n) is 4.67. The summed E-state index contributed by atoms with van der Waals surface area (Å²) in [5.74, 6) is -0.161. The molecule has 24 heavy (non-hydrogen) atoms. The summed E-state index contributed by atoms with van der Waals surface area (Å²) in [4.78, 5) is 37.9. The Morgan fingerprint density at radius 1 is 1.29 bits per heavy atom. The number of carbonyl (C=O) groups excluding carboxylic acids is 3. The van der Waals surface area contributed by atoms with E-state index in [2.05, 4.69) is 10.9 Å². The molecule has 0 aromatic heterocycles. The van der Waals surface area contributed by atoms with E-state index >= 15 is 0 Å². The van der Waals surface area contributed by atoms with E-state index in [-0.39, 0.29) is 22.6 Å². The van der Waals surface area contributed by atoms with Gasteiger partial charge in [-0.05, 0) is 37.5 Å². The quantitative estimate of drug-likeness (QED) is 0.812. The van der Waals surface area contributed by atoms with Gasteiger partial charge < -0.3 is 4.90 Å². The van der Waals surface area contributed by atoms with Crippen LogP contribution in [0.4, 0.5) is 0 Å². The lowest BCUT2D eigenvalue weighted by atomic mass is 10.1. The van der Waals surface area contributed by atoms with E-state index in [0.29, 0.717) is 17.7 Å².